The zero-order chi connectivity index (χ0) is 24.6. The van der Waals surface area contributed by atoms with Crippen LogP contribution in [0.4, 0.5) is 0 Å². The lowest BCUT2D eigenvalue weighted by Crippen LogP contribution is -2.57. The Balaban J connectivity index is 1.57. The molecule has 8 nitrogen and oxygen atoms in total. The summed E-state index contributed by atoms with van der Waals surface area (Å²) in [5.41, 5.74) is -0.337. The lowest BCUT2D eigenvalue weighted by atomic mass is 9.78. The van der Waals surface area contributed by atoms with Crippen LogP contribution >= 0.6 is 0 Å². The molecular weight excluding hydrogens is 448 g/mol. The highest BCUT2D eigenvalue weighted by atomic mass is 16.6. The molecule has 0 saturated carbocycles. The van der Waals surface area contributed by atoms with E-state index in [-0.39, 0.29) is 18.4 Å². The van der Waals surface area contributed by atoms with Crippen LogP contribution in [0.5, 0.6) is 0 Å². The zero-order valence-corrected chi connectivity index (χ0v) is 19.9. The molecule has 1 N–H and O–H groups in total. The van der Waals surface area contributed by atoms with E-state index in [0.717, 1.165) is 24.8 Å². The van der Waals surface area contributed by atoms with Gasteiger partial charge in [-0.3, -0.25) is 14.4 Å². The average molecular weight is 481 g/mol. The molecule has 5 rings (SSSR count). The Labute approximate surface area is 205 Å². The molecule has 4 aliphatic rings. The van der Waals surface area contributed by atoms with E-state index in [2.05, 4.69) is 0 Å². The summed E-state index contributed by atoms with van der Waals surface area (Å²) in [6, 6.07) is 8.07. The number of carbonyl (C=O) groups excluding carboxylic acids is 3. The number of allylic oxidation sites excluding steroid dienone is 1. The first-order chi connectivity index (χ1) is 17.0. The van der Waals surface area contributed by atoms with Gasteiger partial charge in [-0.25, -0.2) is 0 Å². The van der Waals surface area contributed by atoms with Crippen molar-refractivity contribution in [1.29, 1.82) is 0 Å². The average Bonchev–Trinajstić information content (AvgIpc) is 3.26. The Morgan fingerprint density at radius 3 is 2.69 bits per heavy atom. The number of cyclic esters (lactones) is 1. The van der Waals surface area contributed by atoms with E-state index in [9.17, 15) is 19.5 Å². The Bertz CT molecular complexity index is 1040. The minimum atomic E-state index is -1.31. The summed E-state index contributed by atoms with van der Waals surface area (Å²) in [6.07, 6.45) is 9.31. The molecule has 0 bridgehead atoms. The van der Waals surface area contributed by atoms with Gasteiger partial charge >= 0.3 is 5.97 Å². The summed E-state index contributed by atoms with van der Waals surface area (Å²) in [6.45, 7) is 2.43. The van der Waals surface area contributed by atoms with Gasteiger partial charge < -0.3 is 24.4 Å². The van der Waals surface area contributed by atoms with Crippen molar-refractivity contribution in [2.24, 2.45) is 11.8 Å². The van der Waals surface area contributed by atoms with Gasteiger partial charge in [-0.2, -0.15) is 0 Å². The molecule has 0 aromatic heterocycles. The standard InChI is InChI=1S/C27H32N2O6/c1-18(17-30)29-23-25(32)28(16-19-10-5-4-6-11-19)14-9-13-27(23)22(24(29)31)21-20(35-27)12-7-2-3-8-15-34-26(21)33/h4-7,9-13,18,20-23,30H,2-3,8,14-17H2,1H3/b12-7-/t18-,20-,21+,22+,23?,27+/m1/s1. The van der Waals surface area contributed by atoms with Gasteiger partial charge in [0.1, 0.15) is 17.6 Å². The number of rotatable bonds is 4. The fourth-order valence-corrected chi connectivity index (χ4v) is 5.91. The monoisotopic (exact) mass is 480 g/mol. The number of amides is 2. The van der Waals surface area contributed by atoms with E-state index in [1.54, 1.807) is 17.9 Å². The molecule has 6 atom stereocenters. The van der Waals surface area contributed by atoms with E-state index in [0.29, 0.717) is 19.7 Å². The Morgan fingerprint density at radius 2 is 1.91 bits per heavy atom. The van der Waals surface area contributed by atoms with Crippen LogP contribution in [0.25, 0.3) is 0 Å². The van der Waals surface area contributed by atoms with E-state index >= 15 is 0 Å². The molecule has 0 radical (unpaired) electrons. The first-order valence-corrected chi connectivity index (χ1v) is 12.4. The molecule has 4 aliphatic heterocycles. The van der Waals surface area contributed by atoms with Crippen LogP contribution in [-0.2, 0) is 30.4 Å². The summed E-state index contributed by atoms with van der Waals surface area (Å²) in [7, 11) is 0. The largest absolute Gasteiger partial charge is 0.465 e. The number of ether oxygens (including phenoxy) is 2. The number of carbonyl (C=O) groups is 3. The number of esters is 1. The van der Waals surface area contributed by atoms with Gasteiger partial charge in [-0.05, 0) is 31.7 Å². The molecule has 1 aromatic rings. The summed E-state index contributed by atoms with van der Waals surface area (Å²) in [4.78, 5) is 44.4. The molecule has 1 unspecified atom stereocenters. The normalized spacial score (nSPS) is 34.5. The first-order valence-electron chi connectivity index (χ1n) is 12.4. The molecule has 35 heavy (non-hydrogen) atoms. The van der Waals surface area contributed by atoms with Crippen LogP contribution in [0, 0.1) is 11.8 Å². The van der Waals surface area contributed by atoms with E-state index in [4.69, 9.17) is 9.47 Å². The predicted octanol–water partition coefficient (Wildman–Crippen LogP) is 1.83. The van der Waals surface area contributed by atoms with E-state index in [1.165, 1.54) is 4.90 Å². The molecule has 186 valence electrons. The zero-order valence-electron chi connectivity index (χ0n) is 19.9. The van der Waals surface area contributed by atoms with E-state index < -0.39 is 41.6 Å². The fourth-order valence-electron chi connectivity index (χ4n) is 5.91. The second-order valence-corrected chi connectivity index (χ2v) is 9.82. The van der Waals surface area contributed by atoms with Crippen LogP contribution in [0.15, 0.2) is 54.6 Å². The smallest absolute Gasteiger partial charge is 0.312 e. The van der Waals surface area contributed by atoms with Gasteiger partial charge in [0, 0.05) is 13.1 Å². The lowest BCUT2D eigenvalue weighted by Gasteiger charge is -2.37. The lowest BCUT2D eigenvalue weighted by molar-refractivity contribution is -0.156. The second-order valence-electron chi connectivity index (χ2n) is 9.82. The van der Waals surface area contributed by atoms with Crippen LogP contribution in [0.3, 0.4) is 0 Å². The highest BCUT2D eigenvalue weighted by Crippen LogP contribution is 2.53. The predicted molar refractivity (Wildman–Crippen MR) is 127 cm³/mol. The SMILES string of the molecule is C[C@H](CO)N1C(=O)[C@@H]2[C@H]3C(=O)OCCCC/C=C\[C@H]3O[C@@]23C=CCN(Cc2ccccc2)C(=O)C13. The van der Waals surface area contributed by atoms with Crippen LogP contribution in [0.1, 0.15) is 31.7 Å². The Hall–Kier alpha value is -2.97. The van der Waals surface area contributed by atoms with Crippen molar-refractivity contribution in [3.05, 3.63) is 60.2 Å². The van der Waals surface area contributed by atoms with Gasteiger partial charge in [0.2, 0.25) is 11.8 Å². The van der Waals surface area contributed by atoms with Crippen molar-refractivity contribution in [3.8, 4) is 0 Å². The summed E-state index contributed by atoms with van der Waals surface area (Å²) < 4.78 is 12.1. The summed E-state index contributed by atoms with van der Waals surface area (Å²) in [5.74, 6) is -2.84. The number of hydrogen-bond acceptors (Lipinski definition) is 6. The third-order valence-electron chi connectivity index (χ3n) is 7.58. The number of aliphatic hydroxyl groups excluding tert-OH is 1. The molecule has 0 aliphatic carbocycles. The van der Waals surface area contributed by atoms with Crippen molar-refractivity contribution in [3.63, 3.8) is 0 Å². The maximum atomic E-state index is 14.1. The number of benzene rings is 1. The van der Waals surface area contributed by atoms with Crippen molar-refractivity contribution in [1.82, 2.24) is 9.80 Å². The van der Waals surface area contributed by atoms with Crippen molar-refractivity contribution in [2.75, 3.05) is 19.8 Å². The van der Waals surface area contributed by atoms with Crippen molar-refractivity contribution >= 4 is 17.8 Å². The molecular formula is C27H32N2O6. The highest BCUT2D eigenvalue weighted by molar-refractivity contribution is 5.99. The quantitative estimate of drug-likeness (QED) is 0.522. The fraction of sp³-hybridized carbons (Fsp3) is 0.519. The van der Waals surface area contributed by atoms with Gasteiger partial charge in [0.15, 0.2) is 0 Å². The summed E-state index contributed by atoms with van der Waals surface area (Å²) in [5, 5.41) is 9.98. The topological polar surface area (TPSA) is 96.4 Å². The first kappa shape index (κ1) is 23.8. The minimum absolute atomic E-state index is 0.254. The number of fused-ring (bicyclic) bond motifs is 2. The van der Waals surface area contributed by atoms with Crippen molar-refractivity contribution in [2.45, 2.75) is 56.5 Å². The minimum Gasteiger partial charge on any atom is -0.465 e. The number of aliphatic hydroxyl groups is 1. The van der Waals surface area contributed by atoms with Crippen molar-refractivity contribution < 1.29 is 29.0 Å². The van der Waals surface area contributed by atoms with Crippen LogP contribution in [0.2, 0.25) is 0 Å². The maximum Gasteiger partial charge on any atom is 0.312 e. The van der Waals surface area contributed by atoms with Gasteiger partial charge in [-0.15, -0.1) is 0 Å². The maximum absolute atomic E-state index is 14.1. The van der Waals surface area contributed by atoms with E-state index in [1.807, 2.05) is 48.6 Å². The van der Waals surface area contributed by atoms with Gasteiger partial charge in [0.05, 0.1) is 31.3 Å². The number of likely N-dealkylation sites (tertiary alicyclic amines) is 1. The molecule has 1 aromatic carbocycles. The third-order valence-corrected chi connectivity index (χ3v) is 7.58. The molecule has 2 amide bonds. The van der Waals surface area contributed by atoms with Gasteiger partial charge in [-0.1, -0.05) is 54.6 Å². The highest BCUT2D eigenvalue weighted by Gasteiger charge is 2.72. The summed E-state index contributed by atoms with van der Waals surface area (Å²) >= 11 is 0. The molecule has 4 heterocycles. The number of nitrogens with zero attached hydrogens (tertiary/aromatic N) is 2. The second kappa shape index (κ2) is 9.59. The molecule has 8 heteroatoms. The molecule has 2 saturated heterocycles. The Morgan fingerprint density at radius 1 is 1.11 bits per heavy atom. The molecule has 1 spiro atoms. The van der Waals surface area contributed by atoms with Crippen LogP contribution in [-0.4, -0.2) is 76.2 Å². The number of hydrogen-bond donors (Lipinski definition) is 1. The Kier molecular flexibility index (Phi) is 6.51. The third kappa shape index (κ3) is 3.98. The van der Waals surface area contributed by atoms with Gasteiger partial charge in [0.25, 0.3) is 0 Å². The molecule has 2 fully saturated rings. The van der Waals surface area contributed by atoms with Crippen LogP contribution < -0.4 is 0 Å².